The van der Waals surface area contributed by atoms with Crippen LogP contribution in [0.1, 0.15) is 65.6 Å². The molecule has 0 aromatic carbocycles. The number of aromatic nitrogens is 1. The number of nitrogens with one attached hydrogen (secondary N) is 1. The molecule has 0 bridgehead atoms. The summed E-state index contributed by atoms with van der Waals surface area (Å²) in [6.07, 6.45) is 8.40. The number of aliphatic hydroxyl groups excluding tert-OH is 1. The third-order valence-corrected chi connectivity index (χ3v) is 6.52. The van der Waals surface area contributed by atoms with Gasteiger partial charge in [0.25, 0.3) is 0 Å². The Morgan fingerprint density at radius 1 is 1.24 bits per heavy atom. The molecule has 0 aliphatic carbocycles. The summed E-state index contributed by atoms with van der Waals surface area (Å²) >= 11 is 0. The molecule has 1 aromatic heterocycles. The molecule has 6 heteroatoms. The average Bonchev–Trinajstić information content (AvgIpc) is 3.45. The molecule has 2 rings (SSSR count). The summed E-state index contributed by atoms with van der Waals surface area (Å²) in [5.41, 5.74) is 4.45. The van der Waals surface area contributed by atoms with Crippen LogP contribution in [-0.2, 0) is 11.2 Å². The molecule has 0 radical (unpaired) electrons. The highest BCUT2D eigenvalue weighted by Gasteiger charge is 2.57. The minimum Gasteiger partial charge on any atom is -0.488 e. The highest BCUT2D eigenvalue weighted by molar-refractivity contribution is 5.40. The number of hydrogen-bond donors (Lipinski definition) is 2. The van der Waals surface area contributed by atoms with Gasteiger partial charge in [-0.25, -0.2) is 0 Å². The summed E-state index contributed by atoms with van der Waals surface area (Å²) in [6, 6.07) is 0. The second kappa shape index (κ2) is 11.2. The summed E-state index contributed by atoms with van der Waals surface area (Å²) in [7, 11) is 2.98. The zero-order valence-corrected chi connectivity index (χ0v) is 21.7. The summed E-state index contributed by atoms with van der Waals surface area (Å²) < 4.78 is 16.2. The fourth-order valence-corrected chi connectivity index (χ4v) is 4.56. The fraction of sp³-hybridized carbons (Fsp3) is 0.593. The first-order chi connectivity index (χ1) is 15.5. The number of rotatable bonds is 11. The van der Waals surface area contributed by atoms with Gasteiger partial charge in [0.05, 0.1) is 26.4 Å². The van der Waals surface area contributed by atoms with Crippen LogP contribution < -0.4 is 14.9 Å². The molecule has 1 aromatic rings. The van der Waals surface area contributed by atoms with Gasteiger partial charge in [-0.2, -0.15) is 0 Å². The lowest BCUT2D eigenvalue weighted by molar-refractivity contribution is 0.0563. The molecule has 0 saturated carbocycles. The van der Waals surface area contributed by atoms with Crippen LogP contribution in [0.3, 0.4) is 0 Å². The van der Waals surface area contributed by atoms with Crippen molar-refractivity contribution in [3.05, 3.63) is 56.4 Å². The Labute approximate surface area is 198 Å². The van der Waals surface area contributed by atoms with Crippen LogP contribution in [0.4, 0.5) is 0 Å². The molecule has 4 atom stereocenters. The van der Waals surface area contributed by atoms with Gasteiger partial charge in [0.2, 0.25) is 17.1 Å². The topological polar surface area (TPSA) is 84.1 Å². The van der Waals surface area contributed by atoms with Crippen molar-refractivity contribution in [2.45, 2.75) is 85.5 Å². The highest BCUT2D eigenvalue weighted by atomic mass is 16.6. The molecule has 1 aliphatic heterocycles. The maximum Gasteiger partial charge on any atom is 0.238 e. The first-order valence-electron chi connectivity index (χ1n) is 11.7. The smallest absolute Gasteiger partial charge is 0.238 e. The lowest BCUT2D eigenvalue weighted by atomic mass is 9.88. The van der Waals surface area contributed by atoms with Crippen molar-refractivity contribution in [2.24, 2.45) is 5.92 Å². The van der Waals surface area contributed by atoms with Gasteiger partial charge in [0.15, 0.2) is 0 Å². The van der Waals surface area contributed by atoms with Crippen LogP contribution in [0.25, 0.3) is 0 Å². The van der Waals surface area contributed by atoms with Crippen LogP contribution in [0.2, 0.25) is 0 Å². The lowest BCUT2D eigenvalue weighted by Gasteiger charge is -2.21. The van der Waals surface area contributed by atoms with Gasteiger partial charge >= 0.3 is 0 Å². The Kier molecular flexibility index (Phi) is 9.15. The minimum atomic E-state index is -0.514. The van der Waals surface area contributed by atoms with E-state index in [0.717, 1.165) is 24.1 Å². The molecule has 1 saturated heterocycles. The van der Waals surface area contributed by atoms with Crippen LogP contribution in [0, 0.1) is 12.8 Å². The Morgan fingerprint density at radius 3 is 2.45 bits per heavy atom. The molecule has 33 heavy (non-hydrogen) atoms. The van der Waals surface area contributed by atoms with Crippen LogP contribution in [0.5, 0.6) is 11.6 Å². The van der Waals surface area contributed by atoms with E-state index in [1.54, 1.807) is 6.92 Å². The van der Waals surface area contributed by atoms with Gasteiger partial charge in [0, 0.05) is 23.6 Å². The van der Waals surface area contributed by atoms with E-state index in [4.69, 9.17) is 14.2 Å². The van der Waals surface area contributed by atoms with E-state index in [9.17, 15) is 9.90 Å². The largest absolute Gasteiger partial charge is 0.488 e. The van der Waals surface area contributed by atoms with Crippen LogP contribution in [0.15, 0.2) is 39.7 Å². The number of H-pyrrole nitrogens is 1. The van der Waals surface area contributed by atoms with Crippen LogP contribution >= 0.6 is 0 Å². The summed E-state index contributed by atoms with van der Waals surface area (Å²) in [4.78, 5) is 15.7. The predicted octanol–water partition coefficient (Wildman–Crippen LogP) is 5.04. The second-order valence-corrected chi connectivity index (χ2v) is 9.46. The Hall–Kier alpha value is -2.31. The van der Waals surface area contributed by atoms with Gasteiger partial charge in [-0.15, -0.1) is 0 Å². The molecular formula is C27H41NO5. The van der Waals surface area contributed by atoms with Gasteiger partial charge in [-0.1, -0.05) is 48.8 Å². The molecule has 0 spiro atoms. The Bertz CT molecular complexity index is 987. The van der Waals surface area contributed by atoms with Crippen molar-refractivity contribution in [2.75, 3.05) is 14.2 Å². The molecule has 4 unspecified atom stereocenters. The quantitative estimate of drug-likeness (QED) is 0.275. The van der Waals surface area contributed by atoms with Gasteiger partial charge in [-0.05, 0) is 47.5 Å². The van der Waals surface area contributed by atoms with E-state index in [-0.39, 0.29) is 23.2 Å². The molecule has 2 heterocycles. The highest BCUT2D eigenvalue weighted by Crippen LogP contribution is 2.43. The number of epoxide rings is 1. The van der Waals surface area contributed by atoms with E-state index in [2.05, 4.69) is 50.9 Å². The molecule has 1 fully saturated rings. The predicted molar refractivity (Wildman–Crippen MR) is 133 cm³/mol. The summed E-state index contributed by atoms with van der Waals surface area (Å²) in [5, 5.41) is 10.7. The zero-order chi connectivity index (χ0) is 24.9. The minimum absolute atomic E-state index is 0.0112. The lowest BCUT2D eigenvalue weighted by Crippen LogP contribution is -2.34. The van der Waals surface area contributed by atoms with Gasteiger partial charge in [-0.3, -0.25) is 4.79 Å². The number of allylic oxidation sites excluding steroid dienone is 5. The van der Waals surface area contributed by atoms with Crippen molar-refractivity contribution in [1.82, 2.24) is 4.98 Å². The second-order valence-electron chi connectivity index (χ2n) is 9.46. The summed E-state index contributed by atoms with van der Waals surface area (Å²) in [6.45, 7) is 14.2. The van der Waals surface area contributed by atoms with Crippen molar-refractivity contribution >= 4 is 0 Å². The molecule has 1 aliphatic rings. The van der Waals surface area contributed by atoms with E-state index < -0.39 is 11.7 Å². The normalized spacial score (nSPS) is 23.3. The van der Waals surface area contributed by atoms with Gasteiger partial charge < -0.3 is 24.3 Å². The molecule has 184 valence electrons. The van der Waals surface area contributed by atoms with Crippen molar-refractivity contribution in [1.29, 1.82) is 0 Å². The maximum atomic E-state index is 12.5. The number of methoxy groups -OCH3 is 2. The average molecular weight is 460 g/mol. The first kappa shape index (κ1) is 26.9. The molecule has 2 N–H and O–H groups in total. The monoisotopic (exact) mass is 459 g/mol. The maximum absolute atomic E-state index is 12.5. The van der Waals surface area contributed by atoms with E-state index >= 15 is 0 Å². The Balaban J connectivity index is 2.05. The van der Waals surface area contributed by atoms with E-state index in [1.165, 1.54) is 25.4 Å². The number of aromatic amines is 1. The number of hydrogen-bond acceptors (Lipinski definition) is 5. The molecule has 0 amide bonds. The first-order valence-corrected chi connectivity index (χ1v) is 11.7. The number of ether oxygens (including phenoxy) is 3. The summed E-state index contributed by atoms with van der Waals surface area (Å²) in [5.74, 6) is 0.558. The number of aliphatic hydroxyl groups is 1. The Morgan fingerprint density at radius 2 is 1.91 bits per heavy atom. The van der Waals surface area contributed by atoms with Gasteiger partial charge in [0.1, 0.15) is 5.60 Å². The van der Waals surface area contributed by atoms with Crippen molar-refractivity contribution in [3.8, 4) is 11.6 Å². The molecular weight excluding hydrogens is 418 g/mol. The third-order valence-electron chi connectivity index (χ3n) is 6.52. The zero-order valence-electron chi connectivity index (χ0n) is 21.7. The standard InChI is InChI=1S/C27H41NO5/c1-10-22-27(7,33-22)25(30)19(5)15-18(4)14-17(3)13-16(2)11-12-21-20(6)23(29)24(31-8)26(28-21)32-9/h11,14-15,19,22,25,30H,10,12-13H2,1-9H3,(H,28,29). The molecule has 6 nitrogen and oxygen atoms in total. The number of pyridine rings is 1. The van der Waals surface area contributed by atoms with Crippen LogP contribution in [-0.4, -0.2) is 42.1 Å². The fourth-order valence-electron chi connectivity index (χ4n) is 4.56. The van der Waals surface area contributed by atoms with E-state index in [0.29, 0.717) is 17.9 Å². The van der Waals surface area contributed by atoms with E-state index in [1.807, 2.05) is 13.8 Å². The third kappa shape index (κ3) is 6.39. The van der Waals surface area contributed by atoms with Crippen molar-refractivity contribution in [3.63, 3.8) is 0 Å². The van der Waals surface area contributed by atoms with Crippen molar-refractivity contribution < 1.29 is 19.3 Å². The SMILES string of the molecule is CCC1OC1(C)C(O)C(C)C=C(C)C=C(C)CC(C)=CCc1[nH]c(OC)c(OC)c(=O)c1C.